The van der Waals surface area contributed by atoms with Gasteiger partial charge in [0.15, 0.2) is 0 Å². The minimum absolute atomic E-state index is 0.378. The van der Waals surface area contributed by atoms with Crippen LogP contribution in [-0.4, -0.2) is 61.0 Å². The number of carbonyl (C=O) groups is 1. The molecule has 17 heavy (non-hydrogen) atoms. The highest BCUT2D eigenvalue weighted by atomic mass is 16.2. The second-order valence-corrected chi connectivity index (χ2v) is 6.25. The van der Waals surface area contributed by atoms with Crippen LogP contribution in [0.4, 0.5) is 0 Å². The summed E-state index contributed by atoms with van der Waals surface area (Å²) in [5.41, 5.74) is 0.449. The van der Waals surface area contributed by atoms with E-state index in [0.29, 0.717) is 17.4 Å². The van der Waals surface area contributed by atoms with E-state index in [4.69, 9.17) is 0 Å². The summed E-state index contributed by atoms with van der Waals surface area (Å²) >= 11 is 0. The molecule has 0 spiro atoms. The van der Waals surface area contributed by atoms with Crippen LogP contribution in [0.25, 0.3) is 0 Å². The van der Waals surface area contributed by atoms with E-state index in [-0.39, 0.29) is 0 Å². The molecule has 4 heteroatoms. The summed E-state index contributed by atoms with van der Waals surface area (Å²) in [5.74, 6) is 0.378. The van der Waals surface area contributed by atoms with Gasteiger partial charge in [0.1, 0.15) is 0 Å². The zero-order valence-corrected chi connectivity index (χ0v) is 10.7. The number of nitrogens with one attached hydrogen (secondary N) is 1. The predicted molar refractivity (Wildman–Crippen MR) is 66.8 cm³/mol. The Hall–Kier alpha value is -0.610. The van der Waals surface area contributed by atoms with Crippen molar-refractivity contribution in [2.24, 2.45) is 5.41 Å². The van der Waals surface area contributed by atoms with E-state index < -0.39 is 0 Å². The number of hydrogen-bond donors (Lipinski definition) is 1. The molecule has 0 aromatic rings. The Morgan fingerprint density at radius 2 is 2.35 bits per heavy atom. The van der Waals surface area contributed by atoms with E-state index in [0.717, 1.165) is 39.0 Å². The molecule has 0 aromatic carbocycles. The van der Waals surface area contributed by atoms with Crippen molar-refractivity contribution >= 4 is 5.91 Å². The third-order valence-corrected chi connectivity index (χ3v) is 4.64. The molecule has 3 aliphatic heterocycles. The summed E-state index contributed by atoms with van der Waals surface area (Å²) in [6.07, 6.45) is 3.14. The Morgan fingerprint density at radius 3 is 3.12 bits per heavy atom. The van der Waals surface area contributed by atoms with Crippen LogP contribution in [-0.2, 0) is 4.79 Å². The molecule has 0 aromatic heterocycles. The van der Waals surface area contributed by atoms with Crippen molar-refractivity contribution in [3.8, 4) is 0 Å². The Labute approximate surface area is 103 Å². The first kappa shape index (κ1) is 11.5. The van der Waals surface area contributed by atoms with Crippen LogP contribution in [0.1, 0.15) is 26.2 Å². The molecule has 0 bridgehead atoms. The fraction of sp³-hybridized carbons (Fsp3) is 0.923. The number of amides is 1. The highest BCUT2D eigenvalue weighted by molar-refractivity contribution is 5.78. The van der Waals surface area contributed by atoms with Crippen LogP contribution >= 0.6 is 0 Å². The number of carbonyl (C=O) groups excluding carboxylic acids is 1. The van der Waals surface area contributed by atoms with Crippen molar-refractivity contribution in [1.82, 2.24) is 15.1 Å². The van der Waals surface area contributed by atoms with Gasteiger partial charge in [0.05, 0.1) is 0 Å². The molecule has 3 rings (SSSR count). The molecule has 0 saturated carbocycles. The van der Waals surface area contributed by atoms with Gasteiger partial charge in [-0.25, -0.2) is 0 Å². The van der Waals surface area contributed by atoms with Gasteiger partial charge in [0.25, 0.3) is 0 Å². The molecule has 3 heterocycles. The fourth-order valence-electron chi connectivity index (χ4n) is 3.62. The minimum atomic E-state index is 0.378. The molecule has 1 N–H and O–H groups in total. The van der Waals surface area contributed by atoms with Crippen LogP contribution in [0, 0.1) is 5.41 Å². The molecule has 2 unspecified atom stereocenters. The Bertz CT molecular complexity index is 312. The van der Waals surface area contributed by atoms with Gasteiger partial charge in [-0.3, -0.25) is 9.69 Å². The van der Waals surface area contributed by atoms with E-state index >= 15 is 0 Å². The summed E-state index contributed by atoms with van der Waals surface area (Å²) in [6, 6.07) is 0.509. The summed E-state index contributed by atoms with van der Waals surface area (Å²) < 4.78 is 0. The zero-order valence-electron chi connectivity index (χ0n) is 10.7. The number of hydrogen-bond acceptors (Lipinski definition) is 3. The summed E-state index contributed by atoms with van der Waals surface area (Å²) in [4.78, 5) is 16.3. The molecule has 3 saturated heterocycles. The predicted octanol–water partition coefficient (Wildman–Crippen LogP) is 0.293. The van der Waals surface area contributed by atoms with Crippen LogP contribution < -0.4 is 5.32 Å². The van der Waals surface area contributed by atoms with E-state index in [1.165, 1.54) is 19.5 Å². The molecular weight excluding hydrogens is 214 g/mol. The average Bonchev–Trinajstić information content (AvgIpc) is 2.87. The van der Waals surface area contributed by atoms with Crippen molar-refractivity contribution in [3.63, 3.8) is 0 Å². The van der Waals surface area contributed by atoms with Crippen molar-refractivity contribution in [2.45, 2.75) is 32.2 Å². The summed E-state index contributed by atoms with van der Waals surface area (Å²) in [7, 11) is 0. The van der Waals surface area contributed by atoms with Gasteiger partial charge in [0.2, 0.25) is 5.91 Å². The topological polar surface area (TPSA) is 35.6 Å². The largest absolute Gasteiger partial charge is 0.337 e. The normalized spacial score (nSPS) is 38.8. The molecule has 0 radical (unpaired) electrons. The Kier molecular flexibility index (Phi) is 2.87. The monoisotopic (exact) mass is 237 g/mol. The van der Waals surface area contributed by atoms with Gasteiger partial charge < -0.3 is 10.2 Å². The van der Waals surface area contributed by atoms with Gasteiger partial charge in [-0.2, -0.15) is 0 Å². The first-order valence-electron chi connectivity index (χ1n) is 6.89. The third-order valence-electron chi connectivity index (χ3n) is 4.64. The van der Waals surface area contributed by atoms with Crippen LogP contribution in [0.2, 0.25) is 0 Å². The molecular formula is C13H23N3O. The molecule has 1 amide bonds. The quantitative estimate of drug-likeness (QED) is 0.750. The smallest absolute Gasteiger partial charge is 0.222 e. The lowest BCUT2D eigenvalue weighted by molar-refractivity contribution is -0.130. The van der Waals surface area contributed by atoms with E-state index in [2.05, 4.69) is 22.0 Å². The molecule has 3 aliphatic rings. The minimum Gasteiger partial charge on any atom is -0.337 e. The van der Waals surface area contributed by atoms with Crippen LogP contribution in [0.5, 0.6) is 0 Å². The Balaban J connectivity index is 1.58. The van der Waals surface area contributed by atoms with Crippen LogP contribution in [0.3, 0.4) is 0 Å². The van der Waals surface area contributed by atoms with Gasteiger partial charge in [-0.05, 0) is 24.8 Å². The molecule has 2 atom stereocenters. The van der Waals surface area contributed by atoms with Crippen LogP contribution in [0.15, 0.2) is 0 Å². The number of fused-ring (bicyclic) bond motifs is 1. The molecule has 0 aliphatic carbocycles. The highest BCUT2D eigenvalue weighted by Crippen LogP contribution is 2.29. The first-order valence-corrected chi connectivity index (χ1v) is 6.89. The van der Waals surface area contributed by atoms with Gasteiger partial charge in [-0.15, -0.1) is 0 Å². The molecule has 3 fully saturated rings. The summed E-state index contributed by atoms with van der Waals surface area (Å²) in [5, 5.41) is 3.46. The fourth-order valence-corrected chi connectivity index (χ4v) is 3.62. The Morgan fingerprint density at radius 1 is 1.47 bits per heavy atom. The lowest BCUT2D eigenvalue weighted by Crippen LogP contribution is -2.53. The van der Waals surface area contributed by atoms with E-state index in [9.17, 15) is 4.79 Å². The first-order chi connectivity index (χ1) is 8.16. The number of piperazine rings is 1. The molecule has 4 nitrogen and oxygen atoms in total. The second kappa shape index (κ2) is 4.25. The van der Waals surface area contributed by atoms with E-state index in [1.54, 1.807) is 0 Å². The van der Waals surface area contributed by atoms with Crippen molar-refractivity contribution in [3.05, 3.63) is 0 Å². The lowest BCUT2D eigenvalue weighted by Gasteiger charge is -2.40. The van der Waals surface area contributed by atoms with E-state index in [1.807, 2.05) is 0 Å². The van der Waals surface area contributed by atoms with Crippen molar-refractivity contribution < 1.29 is 4.79 Å². The van der Waals surface area contributed by atoms with Crippen molar-refractivity contribution in [1.29, 1.82) is 0 Å². The van der Waals surface area contributed by atoms with Gasteiger partial charge in [0, 0.05) is 45.2 Å². The number of nitrogens with zero attached hydrogens (tertiary/aromatic N) is 2. The van der Waals surface area contributed by atoms with Gasteiger partial charge >= 0.3 is 0 Å². The second-order valence-electron chi connectivity index (χ2n) is 6.25. The number of rotatable bonds is 2. The standard InChI is InChI=1S/C13H23N3O/c1-13(4-5-14-9-13)10-15-6-7-16-11(8-15)2-3-12(16)17/h11,14H,2-10H2,1H3. The SMILES string of the molecule is CC1(CN2CCN3C(=O)CCC3C2)CCNC1. The van der Waals surface area contributed by atoms with Crippen molar-refractivity contribution in [2.75, 3.05) is 39.3 Å². The maximum absolute atomic E-state index is 11.6. The lowest BCUT2D eigenvalue weighted by atomic mass is 9.89. The zero-order chi connectivity index (χ0) is 11.9. The maximum Gasteiger partial charge on any atom is 0.222 e. The average molecular weight is 237 g/mol. The third kappa shape index (κ3) is 2.20. The van der Waals surface area contributed by atoms with Gasteiger partial charge in [-0.1, -0.05) is 6.92 Å². The summed E-state index contributed by atoms with van der Waals surface area (Å²) in [6.45, 7) is 9.01. The maximum atomic E-state index is 11.6. The molecule has 96 valence electrons. The highest BCUT2D eigenvalue weighted by Gasteiger charge is 2.38.